The van der Waals surface area contributed by atoms with Gasteiger partial charge in [-0.25, -0.2) is 4.39 Å². The average molecular weight is 370 g/mol. The highest BCUT2D eigenvalue weighted by molar-refractivity contribution is 9.10. The summed E-state index contributed by atoms with van der Waals surface area (Å²) in [6.07, 6.45) is 0.232. The van der Waals surface area contributed by atoms with Crippen molar-refractivity contribution in [3.05, 3.63) is 28.5 Å². The van der Waals surface area contributed by atoms with Gasteiger partial charge < -0.3 is 15.0 Å². The Morgan fingerprint density at radius 2 is 2.20 bits per heavy atom. The van der Waals surface area contributed by atoms with Gasteiger partial charge in [0.15, 0.2) is 11.6 Å². The zero-order valence-electron chi connectivity index (χ0n) is 11.5. The highest BCUT2D eigenvalue weighted by Crippen LogP contribution is 2.21. The lowest BCUT2D eigenvalue weighted by Gasteiger charge is -2.17. The fourth-order valence-electron chi connectivity index (χ4n) is 1.44. The molecule has 1 amide bonds. The van der Waals surface area contributed by atoms with Crippen LogP contribution in [0.4, 0.5) is 4.39 Å². The van der Waals surface area contributed by atoms with Gasteiger partial charge in [0.1, 0.15) is 0 Å². The van der Waals surface area contributed by atoms with Gasteiger partial charge in [-0.15, -0.1) is 12.4 Å². The molecule has 1 N–H and O–H groups in total. The zero-order valence-corrected chi connectivity index (χ0v) is 13.9. The maximum Gasteiger partial charge on any atom is 0.225 e. The van der Waals surface area contributed by atoms with E-state index in [-0.39, 0.29) is 37.1 Å². The summed E-state index contributed by atoms with van der Waals surface area (Å²) in [5.74, 6) is -0.299. The number of halogens is 3. The van der Waals surface area contributed by atoms with Crippen molar-refractivity contribution in [2.75, 3.05) is 33.8 Å². The molecule has 7 heteroatoms. The summed E-state index contributed by atoms with van der Waals surface area (Å²) in [4.78, 5) is 13.3. The van der Waals surface area contributed by atoms with Crippen LogP contribution in [0.3, 0.4) is 0 Å². The van der Waals surface area contributed by atoms with Crippen LogP contribution in [0, 0.1) is 5.82 Å². The van der Waals surface area contributed by atoms with Crippen LogP contribution in [0.1, 0.15) is 6.42 Å². The predicted octanol–water partition coefficient (Wildman–Crippen LogP) is 2.46. The molecule has 114 valence electrons. The van der Waals surface area contributed by atoms with Gasteiger partial charge in [-0.05, 0) is 25.2 Å². The number of hydrogen-bond acceptors (Lipinski definition) is 3. The standard InChI is InChI=1S/C13H18BrFN2O2.ClH/c1-16-6-7-17(2)13(18)5-8-19-12-4-3-10(14)9-11(12)15;/h3-4,9,16H,5-8H2,1-2H3;1H. The van der Waals surface area contributed by atoms with Gasteiger partial charge in [-0.2, -0.15) is 0 Å². The third-order valence-electron chi connectivity index (χ3n) is 2.59. The number of carbonyl (C=O) groups is 1. The molecule has 0 saturated carbocycles. The molecule has 0 radical (unpaired) electrons. The van der Waals surface area contributed by atoms with Crippen molar-refractivity contribution < 1.29 is 13.9 Å². The Labute approximate surface area is 133 Å². The van der Waals surface area contributed by atoms with Crippen LogP contribution in [0.25, 0.3) is 0 Å². The zero-order chi connectivity index (χ0) is 14.3. The number of nitrogens with zero attached hydrogens (tertiary/aromatic N) is 1. The minimum absolute atomic E-state index is 0. The first kappa shape index (κ1) is 19.1. The van der Waals surface area contributed by atoms with E-state index in [1.807, 2.05) is 7.05 Å². The van der Waals surface area contributed by atoms with Crippen LogP contribution in [-0.4, -0.2) is 44.6 Å². The third-order valence-corrected chi connectivity index (χ3v) is 3.08. The first-order chi connectivity index (χ1) is 9.04. The fraction of sp³-hybridized carbons (Fsp3) is 0.462. The molecule has 1 rings (SSSR count). The highest BCUT2D eigenvalue weighted by atomic mass is 79.9. The number of nitrogens with one attached hydrogen (secondary N) is 1. The SMILES string of the molecule is CNCCN(C)C(=O)CCOc1ccc(Br)cc1F.Cl. The average Bonchev–Trinajstić information content (AvgIpc) is 2.38. The lowest BCUT2D eigenvalue weighted by molar-refractivity contribution is -0.130. The second-order valence-electron chi connectivity index (χ2n) is 4.09. The quantitative estimate of drug-likeness (QED) is 0.803. The monoisotopic (exact) mass is 368 g/mol. The van der Waals surface area contributed by atoms with Crippen molar-refractivity contribution in [1.29, 1.82) is 0 Å². The number of likely N-dealkylation sites (N-methyl/N-ethyl adjacent to an activating group) is 2. The van der Waals surface area contributed by atoms with Crippen LogP contribution in [0.15, 0.2) is 22.7 Å². The van der Waals surface area contributed by atoms with Crippen molar-refractivity contribution in [2.45, 2.75) is 6.42 Å². The largest absolute Gasteiger partial charge is 0.490 e. The number of rotatable bonds is 7. The molecule has 4 nitrogen and oxygen atoms in total. The number of hydrogen-bond donors (Lipinski definition) is 1. The van der Waals surface area contributed by atoms with Gasteiger partial charge in [0.2, 0.25) is 5.91 Å². The summed E-state index contributed by atoms with van der Waals surface area (Å²) in [6.45, 7) is 1.55. The van der Waals surface area contributed by atoms with E-state index in [4.69, 9.17) is 4.74 Å². The number of carbonyl (C=O) groups excluding carboxylic acids is 1. The minimum atomic E-state index is -0.439. The summed E-state index contributed by atoms with van der Waals surface area (Å²) in [5, 5.41) is 2.97. The molecule has 0 aliphatic carbocycles. The summed E-state index contributed by atoms with van der Waals surface area (Å²) < 4.78 is 19.4. The Kier molecular flexibility index (Phi) is 9.54. The van der Waals surface area contributed by atoms with E-state index in [2.05, 4.69) is 21.2 Å². The van der Waals surface area contributed by atoms with E-state index in [1.54, 1.807) is 18.0 Å². The molecule has 0 aliphatic heterocycles. The normalized spacial score (nSPS) is 9.80. The van der Waals surface area contributed by atoms with Gasteiger partial charge in [-0.3, -0.25) is 4.79 Å². The Morgan fingerprint density at radius 1 is 1.50 bits per heavy atom. The number of ether oxygens (including phenoxy) is 1. The third kappa shape index (κ3) is 6.54. The van der Waals surface area contributed by atoms with Crippen LogP contribution < -0.4 is 10.1 Å². The molecule has 0 unspecified atom stereocenters. The molecule has 0 atom stereocenters. The number of amides is 1. The fourth-order valence-corrected chi connectivity index (χ4v) is 1.77. The molecule has 0 heterocycles. The summed E-state index contributed by atoms with van der Waals surface area (Å²) in [7, 11) is 3.57. The van der Waals surface area contributed by atoms with Crippen LogP contribution >= 0.6 is 28.3 Å². The van der Waals surface area contributed by atoms with Gasteiger partial charge >= 0.3 is 0 Å². The van der Waals surface area contributed by atoms with E-state index in [0.29, 0.717) is 11.0 Å². The van der Waals surface area contributed by atoms with Crippen molar-refractivity contribution in [3.8, 4) is 5.75 Å². The molecule has 20 heavy (non-hydrogen) atoms. The molecular weight excluding hydrogens is 351 g/mol. The Hall–Kier alpha value is -0.850. The molecule has 1 aromatic carbocycles. The molecule has 0 saturated heterocycles. The van der Waals surface area contributed by atoms with Gasteiger partial charge in [-0.1, -0.05) is 15.9 Å². The summed E-state index contributed by atoms with van der Waals surface area (Å²) in [6, 6.07) is 4.56. The lowest BCUT2D eigenvalue weighted by Crippen LogP contribution is -2.33. The van der Waals surface area contributed by atoms with E-state index >= 15 is 0 Å². The predicted molar refractivity (Wildman–Crippen MR) is 83.0 cm³/mol. The summed E-state index contributed by atoms with van der Waals surface area (Å²) in [5.41, 5.74) is 0. The first-order valence-electron chi connectivity index (χ1n) is 6.01. The van der Waals surface area contributed by atoms with E-state index in [9.17, 15) is 9.18 Å². The summed E-state index contributed by atoms with van der Waals surface area (Å²) >= 11 is 3.17. The van der Waals surface area contributed by atoms with Gasteiger partial charge in [0.25, 0.3) is 0 Å². The van der Waals surface area contributed by atoms with Crippen molar-refractivity contribution >= 4 is 34.2 Å². The van der Waals surface area contributed by atoms with Crippen molar-refractivity contribution in [3.63, 3.8) is 0 Å². The smallest absolute Gasteiger partial charge is 0.225 e. The van der Waals surface area contributed by atoms with E-state index in [1.165, 1.54) is 12.1 Å². The maximum atomic E-state index is 13.4. The van der Waals surface area contributed by atoms with Crippen molar-refractivity contribution in [2.24, 2.45) is 0 Å². The molecule has 0 fully saturated rings. The highest BCUT2D eigenvalue weighted by Gasteiger charge is 2.09. The van der Waals surface area contributed by atoms with E-state index < -0.39 is 5.82 Å². The topological polar surface area (TPSA) is 41.6 Å². The molecule has 0 aromatic heterocycles. The molecule has 0 aliphatic rings. The van der Waals surface area contributed by atoms with Crippen molar-refractivity contribution in [1.82, 2.24) is 10.2 Å². The molecular formula is C13H19BrClFN2O2. The minimum Gasteiger partial charge on any atom is -0.490 e. The number of benzene rings is 1. The molecule has 1 aromatic rings. The molecule has 0 spiro atoms. The van der Waals surface area contributed by atoms with Gasteiger partial charge in [0, 0.05) is 24.6 Å². The molecule has 0 bridgehead atoms. The maximum absolute atomic E-state index is 13.4. The van der Waals surface area contributed by atoms with Crippen LogP contribution in [0.2, 0.25) is 0 Å². The van der Waals surface area contributed by atoms with Crippen LogP contribution in [0.5, 0.6) is 5.75 Å². The Morgan fingerprint density at radius 3 is 2.80 bits per heavy atom. The second-order valence-corrected chi connectivity index (χ2v) is 5.01. The first-order valence-corrected chi connectivity index (χ1v) is 6.80. The van der Waals surface area contributed by atoms with Gasteiger partial charge in [0.05, 0.1) is 13.0 Å². The second kappa shape index (κ2) is 9.96. The lowest BCUT2D eigenvalue weighted by atomic mass is 10.3. The van der Waals surface area contributed by atoms with E-state index in [0.717, 1.165) is 6.54 Å². The Balaban J connectivity index is 0.00000361. The Bertz CT molecular complexity index is 435. The van der Waals surface area contributed by atoms with Crippen LogP contribution in [-0.2, 0) is 4.79 Å².